The molecule has 2 heterocycles. The number of amides is 2. The zero-order chi connectivity index (χ0) is 24.7. The van der Waals surface area contributed by atoms with Crippen LogP contribution in [0, 0.1) is 0 Å². The SMILES string of the molecule is O=C(Cc1ccc(OCc2ccccc2)cc1)N1CCN(CC(=O)N2CCN(C3CCC3)CC2)CC1. The molecule has 0 atom stereocenters. The number of piperazine rings is 2. The largest absolute Gasteiger partial charge is 0.489 e. The Morgan fingerprint density at radius 3 is 2.00 bits per heavy atom. The number of nitrogens with zero attached hydrogens (tertiary/aromatic N) is 4. The van der Waals surface area contributed by atoms with Crippen LogP contribution in [0.1, 0.15) is 30.4 Å². The lowest BCUT2D eigenvalue weighted by Gasteiger charge is -2.43. The van der Waals surface area contributed by atoms with E-state index in [9.17, 15) is 9.59 Å². The first kappa shape index (κ1) is 24.8. The molecule has 7 nitrogen and oxygen atoms in total. The van der Waals surface area contributed by atoms with Crippen LogP contribution in [0.2, 0.25) is 0 Å². The minimum atomic E-state index is 0.144. The van der Waals surface area contributed by atoms with Gasteiger partial charge in [-0.25, -0.2) is 0 Å². The van der Waals surface area contributed by atoms with E-state index in [2.05, 4.69) is 9.80 Å². The molecular formula is C29H38N4O3. The Hall–Kier alpha value is -2.90. The number of benzene rings is 2. The van der Waals surface area contributed by atoms with Crippen molar-refractivity contribution in [3.8, 4) is 5.75 Å². The van der Waals surface area contributed by atoms with Crippen molar-refractivity contribution in [2.75, 3.05) is 58.9 Å². The van der Waals surface area contributed by atoms with Crippen LogP contribution in [0.5, 0.6) is 5.75 Å². The van der Waals surface area contributed by atoms with Gasteiger partial charge in [-0.1, -0.05) is 48.9 Å². The van der Waals surface area contributed by atoms with E-state index in [-0.39, 0.29) is 11.8 Å². The molecule has 0 spiro atoms. The van der Waals surface area contributed by atoms with Crippen molar-refractivity contribution in [3.63, 3.8) is 0 Å². The summed E-state index contributed by atoms with van der Waals surface area (Å²) < 4.78 is 5.84. The second-order valence-corrected chi connectivity index (χ2v) is 10.3. The van der Waals surface area contributed by atoms with Crippen LogP contribution in [0.4, 0.5) is 0 Å². The molecule has 1 aliphatic carbocycles. The third kappa shape index (κ3) is 6.45. The molecule has 0 bridgehead atoms. The smallest absolute Gasteiger partial charge is 0.236 e. The maximum Gasteiger partial charge on any atom is 0.236 e. The lowest BCUT2D eigenvalue weighted by molar-refractivity contribution is -0.136. The standard InChI is InChI=1S/C29H38N4O3/c34-28(21-24-9-11-27(12-10-24)36-23-25-5-2-1-3-6-25)32-15-13-30(14-16-32)22-29(35)33-19-17-31(18-20-33)26-7-4-8-26/h1-3,5-6,9-12,26H,4,7-8,13-23H2. The van der Waals surface area contributed by atoms with Crippen LogP contribution in [-0.4, -0.2) is 96.4 Å². The molecule has 1 saturated carbocycles. The van der Waals surface area contributed by atoms with Gasteiger partial charge in [-0.2, -0.15) is 0 Å². The molecule has 0 N–H and O–H groups in total. The topological polar surface area (TPSA) is 56.3 Å². The summed E-state index contributed by atoms with van der Waals surface area (Å²) >= 11 is 0. The van der Waals surface area contributed by atoms with E-state index in [0.717, 1.165) is 62.2 Å². The van der Waals surface area contributed by atoms with Gasteiger partial charge in [0.1, 0.15) is 12.4 Å². The molecule has 0 radical (unpaired) electrons. The van der Waals surface area contributed by atoms with Crippen molar-refractivity contribution in [2.45, 2.75) is 38.3 Å². The maximum absolute atomic E-state index is 12.9. The van der Waals surface area contributed by atoms with Crippen LogP contribution >= 0.6 is 0 Å². The Bertz CT molecular complexity index is 993. The molecule has 3 aliphatic rings. The van der Waals surface area contributed by atoms with Crippen LogP contribution in [0.3, 0.4) is 0 Å². The number of rotatable bonds is 8. The molecule has 2 aromatic rings. The highest BCUT2D eigenvalue weighted by Gasteiger charge is 2.30. The summed E-state index contributed by atoms with van der Waals surface area (Å²) in [5.74, 6) is 1.18. The predicted molar refractivity (Wildman–Crippen MR) is 140 cm³/mol. The second kappa shape index (κ2) is 11.9. The normalized spacial score (nSPS) is 19.7. The van der Waals surface area contributed by atoms with Gasteiger partial charge in [0.2, 0.25) is 11.8 Å². The first-order chi connectivity index (χ1) is 17.6. The van der Waals surface area contributed by atoms with E-state index < -0.39 is 0 Å². The van der Waals surface area contributed by atoms with E-state index in [0.29, 0.717) is 32.7 Å². The molecule has 0 unspecified atom stereocenters. The highest BCUT2D eigenvalue weighted by molar-refractivity contribution is 5.79. The summed E-state index contributed by atoms with van der Waals surface area (Å²) in [6.07, 6.45) is 4.40. The zero-order valence-corrected chi connectivity index (χ0v) is 21.2. The number of carbonyl (C=O) groups is 2. The summed E-state index contributed by atoms with van der Waals surface area (Å²) in [4.78, 5) is 34.4. The van der Waals surface area contributed by atoms with Crippen LogP contribution in [0.25, 0.3) is 0 Å². The molecule has 36 heavy (non-hydrogen) atoms. The van der Waals surface area contributed by atoms with Crippen LogP contribution in [0.15, 0.2) is 54.6 Å². The zero-order valence-electron chi connectivity index (χ0n) is 21.2. The molecule has 0 aromatic heterocycles. The summed E-state index contributed by atoms with van der Waals surface area (Å²) in [6, 6.07) is 18.6. The Balaban J connectivity index is 1.00. The van der Waals surface area contributed by atoms with Crippen molar-refractivity contribution in [2.24, 2.45) is 0 Å². The Morgan fingerprint density at radius 2 is 1.36 bits per heavy atom. The molecule has 3 fully saturated rings. The minimum Gasteiger partial charge on any atom is -0.489 e. The van der Waals surface area contributed by atoms with E-state index in [1.54, 1.807) is 0 Å². The first-order valence-corrected chi connectivity index (χ1v) is 13.4. The molecule has 2 aromatic carbocycles. The van der Waals surface area contributed by atoms with Crippen molar-refractivity contribution in [1.29, 1.82) is 0 Å². The monoisotopic (exact) mass is 490 g/mol. The Kier molecular flexibility index (Phi) is 8.18. The number of ether oxygens (including phenoxy) is 1. The van der Waals surface area contributed by atoms with Gasteiger partial charge in [-0.15, -0.1) is 0 Å². The quantitative estimate of drug-likeness (QED) is 0.570. The number of hydrogen-bond donors (Lipinski definition) is 0. The van der Waals surface area contributed by atoms with Gasteiger partial charge in [0, 0.05) is 58.4 Å². The highest BCUT2D eigenvalue weighted by atomic mass is 16.5. The van der Waals surface area contributed by atoms with Crippen molar-refractivity contribution < 1.29 is 14.3 Å². The van der Waals surface area contributed by atoms with Crippen molar-refractivity contribution in [3.05, 3.63) is 65.7 Å². The van der Waals surface area contributed by atoms with E-state index in [1.165, 1.54) is 19.3 Å². The molecule has 2 saturated heterocycles. The Morgan fingerprint density at radius 1 is 0.722 bits per heavy atom. The van der Waals surface area contributed by atoms with Gasteiger partial charge >= 0.3 is 0 Å². The van der Waals surface area contributed by atoms with Gasteiger partial charge < -0.3 is 14.5 Å². The van der Waals surface area contributed by atoms with Crippen LogP contribution < -0.4 is 4.74 Å². The van der Waals surface area contributed by atoms with Gasteiger partial charge in [-0.05, 0) is 36.1 Å². The molecule has 2 aliphatic heterocycles. The van der Waals surface area contributed by atoms with Crippen molar-refractivity contribution in [1.82, 2.24) is 19.6 Å². The predicted octanol–water partition coefficient (Wildman–Crippen LogP) is 2.65. The molecule has 5 rings (SSSR count). The lowest BCUT2D eigenvalue weighted by Crippen LogP contribution is -2.56. The second-order valence-electron chi connectivity index (χ2n) is 10.3. The Labute approximate surface area is 214 Å². The summed E-state index contributed by atoms with van der Waals surface area (Å²) in [5, 5.41) is 0. The third-order valence-electron chi connectivity index (χ3n) is 7.87. The average Bonchev–Trinajstić information content (AvgIpc) is 2.89. The van der Waals surface area contributed by atoms with Crippen molar-refractivity contribution >= 4 is 11.8 Å². The van der Waals surface area contributed by atoms with Gasteiger partial charge in [-0.3, -0.25) is 19.4 Å². The highest BCUT2D eigenvalue weighted by Crippen LogP contribution is 2.25. The first-order valence-electron chi connectivity index (χ1n) is 13.4. The maximum atomic E-state index is 12.9. The molecule has 7 heteroatoms. The van der Waals surface area contributed by atoms with Gasteiger partial charge in [0.15, 0.2) is 0 Å². The van der Waals surface area contributed by atoms with E-state index in [4.69, 9.17) is 4.74 Å². The fraction of sp³-hybridized carbons (Fsp3) is 0.517. The fourth-order valence-electron chi connectivity index (χ4n) is 5.27. The van der Waals surface area contributed by atoms with Crippen LogP contribution in [-0.2, 0) is 22.6 Å². The summed E-state index contributed by atoms with van der Waals surface area (Å²) in [7, 11) is 0. The molecule has 2 amide bonds. The van der Waals surface area contributed by atoms with Gasteiger partial charge in [0.05, 0.1) is 13.0 Å². The minimum absolute atomic E-state index is 0.144. The number of hydrogen-bond acceptors (Lipinski definition) is 5. The molecule has 192 valence electrons. The summed E-state index contributed by atoms with van der Waals surface area (Å²) in [6.45, 7) is 7.60. The summed E-state index contributed by atoms with van der Waals surface area (Å²) in [5.41, 5.74) is 2.12. The number of carbonyl (C=O) groups excluding carboxylic acids is 2. The lowest BCUT2D eigenvalue weighted by atomic mass is 9.91. The van der Waals surface area contributed by atoms with Gasteiger partial charge in [0.25, 0.3) is 0 Å². The van der Waals surface area contributed by atoms with E-state index >= 15 is 0 Å². The average molecular weight is 491 g/mol. The third-order valence-corrected chi connectivity index (χ3v) is 7.87. The molecular weight excluding hydrogens is 452 g/mol. The fourth-order valence-corrected chi connectivity index (χ4v) is 5.27. The van der Waals surface area contributed by atoms with E-state index in [1.807, 2.05) is 64.4 Å².